The fourth-order valence-corrected chi connectivity index (χ4v) is 1.80. The molecule has 2 rings (SSSR count). The van der Waals surface area contributed by atoms with E-state index in [-0.39, 0.29) is 6.54 Å². The van der Waals surface area contributed by atoms with Crippen molar-refractivity contribution in [2.45, 2.75) is 12.6 Å². The van der Waals surface area contributed by atoms with E-state index in [1.807, 2.05) is 0 Å². The predicted octanol–water partition coefficient (Wildman–Crippen LogP) is 1.86. The number of hydrogen-bond donors (Lipinski definition) is 1. The number of ether oxygens (including phenoxy) is 2. The first kappa shape index (κ1) is 11.2. The SMILES string of the molecule is CNCC(C)(F)c1ccc2c(c1)OCCO2. The summed E-state index contributed by atoms with van der Waals surface area (Å²) in [6, 6.07) is 5.22. The van der Waals surface area contributed by atoms with Crippen molar-refractivity contribution in [3.63, 3.8) is 0 Å². The quantitative estimate of drug-likeness (QED) is 0.851. The van der Waals surface area contributed by atoms with Gasteiger partial charge in [0.25, 0.3) is 0 Å². The maximum Gasteiger partial charge on any atom is 0.161 e. The van der Waals surface area contributed by atoms with Crippen molar-refractivity contribution < 1.29 is 13.9 Å². The molecule has 1 atom stereocenters. The van der Waals surface area contributed by atoms with Crippen LogP contribution >= 0.6 is 0 Å². The van der Waals surface area contributed by atoms with E-state index in [0.717, 1.165) is 0 Å². The molecule has 0 saturated carbocycles. The topological polar surface area (TPSA) is 30.5 Å². The molecule has 3 nitrogen and oxygen atoms in total. The molecule has 1 N–H and O–H groups in total. The summed E-state index contributed by atoms with van der Waals surface area (Å²) < 4.78 is 25.0. The zero-order valence-corrected chi connectivity index (χ0v) is 9.55. The molecule has 0 saturated heterocycles. The lowest BCUT2D eigenvalue weighted by atomic mass is 9.97. The van der Waals surface area contributed by atoms with E-state index in [0.29, 0.717) is 30.3 Å². The van der Waals surface area contributed by atoms with Crippen LogP contribution in [-0.2, 0) is 5.67 Å². The van der Waals surface area contributed by atoms with Crippen LogP contribution in [-0.4, -0.2) is 26.8 Å². The van der Waals surface area contributed by atoms with Crippen LogP contribution < -0.4 is 14.8 Å². The van der Waals surface area contributed by atoms with Crippen LogP contribution in [0.2, 0.25) is 0 Å². The van der Waals surface area contributed by atoms with Gasteiger partial charge in [0.2, 0.25) is 0 Å². The van der Waals surface area contributed by atoms with Crippen LogP contribution in [0.3, 0.4) is 0 Å². The molecule has 1 heterocycles. The van der Waals surface area contributed by atoms with E-state index in [1.54, 1.807) is 32.2 Å². The Balaban J connectivity index is 2.29. The highest BCUT2D eigenvalue weighted by molar-refractivity contribution is 5.45. The number of nitrogens with one attached hydrogen (secondary N) is 1. The van der Waals surface area contributed by atoms with Crippen molar-refractivity contribution in [1.29, 1.82) is 0 Å². The second-order valence-electron chi connectivity index (χ2n) is 4.09. The van der Waals surface area contributed by atoms with Gasteiger partial charge in [-0.25, -0.2) is 4.39 Å². The number of alkyl halides is 1. The number of hydrogen-bond acceptors (Lipinski definition) is 3. The minimum Gasteiger partial charge on any atom is -0.486 e. The van der Waals surface area contributed by atoms with E-state index >= 15 is 0 Å². The zero-order valence-electron chi connectivity index (χ0n) is 9.55. The van der Waals surface area contributed by atoms with Gasteiger partial charge in [-0.1, -0.05) is 6.07 Å². The Labute approximate surface area is 94.6 Å². The summed E-state index contributed by atoms with van der Waals surface area (Å²) in [5.74, 6) is 1.32. The average molecular weight is 225 g/mol. The van der Waals surface area contributed by atoms with Crippen LogP contribution in [0.5, 0.6) is 11.5 Å². The van der Waals surface area contributed by atoms with Crippen LogP contribution in [0.25, 0.3) is 0 Å². The lowest BCUT2D eigenvalue weighted by molar-refractivity contribution is 0.166. The molecule has 0 aliphatic carbocycles. The lowest BCUT2D eigenvalue weighted by Gasteiger charge is -2.24. The summed E-state index contributed by atoms with van der Waals surface area (Å²) in [6.07, 6.45) is 0. The van der Waals surface area contributed by atoms with E-state index in [9.17, 15) is 4.39 Å². The molecule has 0 fully saturated rings. The summed E-state index contributed by atoms with van der Waals surface area (Å²) in [5.41, 5.74) is -0.795. The Morgan fingerprint density at radius 2 is 2.00 bits per heavy atom. The standard InChI is InChI=1S/C12H16FNO2/c1-12(13,8-14-2)9-3-4-10-11(7-9)16-6-5-15-10/h3-4,7,14H,5-6,8H2,1-2H3. The molecule has 4 heteroatoms. The normalized spacial score (nSPS) is 17.9. The molecular formula is C12H16FNO2. The van der Waals surface area contributed by atoms with Gasteiger partial charge in [-0.2, -0.15) is 0 Å². The molecule has 0 bridgehead atoms. The van der Waals surface area contributed by atoms with Crippen LogP contribution in [0, 0.1) is 0 Å². The molecule has 1 aliphatic rings. The van der Waals surface area contributed by atoms with Gasteiger partial charge in [0.05, 0.1) is 0 Å². The van der Waals surface area contributed by atoms with Crippen molar-refractivity contribution in [2.24, 2.45) is 0 Å². The molecule has 1 unspecified atom stereocenters. The Kier molecular flexibility index (Phi) is 3.01. The number of rotatable bonds is 3. The largest absolute Gasteiger partial charge is 0.486 e. The third kappa shape index (κ3) is 2.11. The first-order chi connectivity index (χ1) is 7.63. The number of fused-ring (bicyclic) bond motifs is 1. The zero-order chi connectivity index (χ0) is 11.6. The molecule has 1 aromatic rings. The first-order valence-corrected chi connectivity index (χ1v) is 5.37. The number of benzene rings is 1. The van der Waals surface area contributed by atoms with Crippen molar-refractivity contribution in [1.82, 2.24) is 5.32 Å². The molecule has 0 aromatic heterocycles. The highest BCUT2D eigenvalue weighted by atomic mass is 19.1. The summed E-state index contributed by atoms with van der Waals surface area (Å²) in [7, 11) is 1.73. The van der Waals surface area contributed by atoms with Crippen LogP contribution in [0.1, 0.15) is 12.5 Å². The maximum atomic E-state index is 14.2. The van der Waals surface area contributed by atoms with E-state index in [1.165, 1.54) is 0 Å². The van der Waals surface area contributed by atoms with Gasteiger partial charge in [-0.15, -0.1) is 0 Å². The van der Waals surface area contributed by atoms with Crippen LogP contribution in [0.4, 0.5) is 4.39 Å². The number of likely N-dealkylation sites (N-methyl/N-ethyl adjacent to an activating group) is 1. The average Bonchev–Trinajstić information content (AvgIpc) is 2.28. The summed E-state index contributed by atoms with van der Waals surface area (Å²) in [4.78, 5) is 0. The Hall–Kier alpha value is -1.29. The van der Waals surface area contributed by atoms with E-state index < -0.39 is 5.67 Å². The smallest absolute Gasteiger partial charge is 0.161 e. The van der Waals surface area contributed by atoms with Crippen LogP contribution in [0.15, 0.2) is 18.2 Å². The second kappa shape index (κ2) is 4.29. The predicted molar refractivity (Wildman–Crippen MR) is 59.8 cm³/mol. The summed E-state index contributed by atoms with van der Waals surface area (Å²) in [5, 5.41) is 2.84. The molecular weight excluding hydrogens is 209 g/mol. The third-order valence-electron chi connectivity index (χ3n) is 2.65. The fourth-order valence-electron chi connectivity index (χ4n) is 1.80. The van der Waals surface area contributed by atoms with E-state index in [4.69, 9.17) is 9.47 Å². The van der Waals surface area contributed by atoms with Gasteiger partial charge in [0.1, 0.15) is 18.9 Å². The monoisotopic (exact) mass is 225 g/mol. The first-order valence-electron chi connectivity index (χ1n) is 5.37. The van der Waals surface area contributed by atoms with Crippen molar-refractivity contribution in [3.05, 3.63) is 23.8 Å². The van der Waals surface area contributed by atoms with Crippen molar-refractivity contribution >= 4 is 0 Å². The van der Waals surface area contributed by atoms with Crippen molar-refractivity contribution in [3.8, 4) is 11.5 Å². The minimum absolute atomic E-state index is 0.270. The van der Waals surface area contributed by atoms with Gasteiger partial charge >= 0.3 is 0 Å². The van der Waals surface area contributed by atoms with Crippen molar-refractivity contribution in [2.75, 3.05) is 26.8 Å². The molecule has 0 amide bonds. The number of halogens is 1. The minimum atomic E-state index is -1.40. The third-order valence-corrected chi connectivity index (χ3v) is 2.65. The molecule has 0 spiro atoms. The lowest BCUT2D eigenvalue weighted by Crippen LogP contribution is -2.29. The molecule has 16 heavy (non-hydrogen) atoms. The van der Waals surface area contributed by atoms with E-state index in [2.05, 4.69) is 5.32 Å². The van der Waals surface area contributed by atoms with Gasteiger partial charge in [-0.3, -0.25) is 0 Å². The highest BCUT2D eigenvalue weighted by Gasteiger charge is 2.26. The Bertz CT molecular complexity index is 379. The molecule has 1 aromatic carbocycles. The molecule has 0 radical (unpaired) electrons. The Morgan fingerprint density at radius 1 is 1.31 bits per heavy atom. The highest BCUT2D eigenvalue weighted by Crippen LogP contribution is 2.35. The Morgan fingerprint density at radius 3 is 2.69 bits per heavy atom. The van der Waals surface area contributed by atoms with Gasteiger partial charge < -0.3 is 14.8 Å². The van der Waals surface area contributed by atoms with Gasteiger partial charge in [-0.05, 0) is 31.7 Å². The van der Waals surface area contributed by atoms with Gasteiger partial charge in [0.15, 0.2) is 11.5 Å². The fraction of sp³-hybridized carbons (Fsp3) is 0.500. The maximum absolute atomic E-state index is 14.2. The second-order valence-corrected chi connectivity index (χ2v) is 4.09. The summed E-state index contributed by atoms with van der Waals surface area (Å²) >= 11 is 0. The summed E-state index contributed by atoms with van der Waals surface area (Å²) in [6.45, 7) is 2.89. The molecule has 88 valence electrons. The van der Waals surface area contributed by atoms with Gasteiger partial charge in [0, 0.05) is 6.54 Å². The molecule has 1 aliphatic heterocycles.